The molecule has 3 aromatic rings. The number of thiazole rings is 1. The fourth-order valence-corrected chi connectivity index (χ4v) is 2.54. The molecule has 3 rings (SSSR count). The van der Waals surface area contributed by atoms with Gasteiger partial charge in [0, 0.05) is 5.38 Å². The van der Waals surface area contributed by atoms with Gasteiger partial charge in [-0.1, -0.05) is 0 Å². The molecule has 23 heavy (non-hydrogen) atoms. The molecule has 0 spiro atoms. The highest BCUT2D eigenvalue weighted by atomic mass is 32.1. The second kappa shape index (κ2) is 6.40. The number of carbonyl (C=O) groups is 2. The van der Waals surface area contributed by atoms with Crippen LogP contribution >= 0.6 is 11.3 Å². The summed E-state index contributed by atoms with van der Waals surface area (Å²) < 4.78 is 5.09. The van der Waals surface area contributed by atoms with Crippen LogP contribution in [0.2, 0.25) is 0 Å². The maximum Gasteiger partial charge on any atom is 0.260 e. The van der Waals surface area contributed by atoms with Gasteiger partial charge in [-0.3, -0.25) is 20.2 Å². The molecule has 0 aromatic carbocycles. The quantitative estimate of drug-likeness (QED) is 0.651. The first-order valence-corrected chi connectivity index (χ1v) is 7.45. The summed E-state index contributed by atoms with van der Waals surface area (Å²) in [6.45, 7) is 1.70. The van der Waals surface area contributed by atoms with Crippen molar-refractivity contribution in [2.45, 2.75) is 13.3 Å². The lowest BCUT2D eigenvalue weighted by molar-refractivity contribution is -0.115. The van der Waals surface area contributed by atoms with Crippen LogP contribution in [0.5, 0.6) is 0 Å². The molecular weight excluding hydrogens is 320 g/mol. The Balaban J connectivity index is 1.58. The molecule has 0 atom stereocenters. The second-order valence-corrected chi connectivity index (χ2v) is 5.41. The largest absolute Gasteiger partial charge is 0.469 e. The van der Waals surface area contributed by atoms with Crippen molar-refractivity contribution >= 4 is 34.2 Å². The van der Waals surface area contributed by atoms with E-state index in [2.05, 4.69) is 30.8 Å². The van der Waals surface area contributed by atoms with Gasteiger partial charge in [0.15, 0.2) is 5.13 Å². The average molecular weight is 332 g/mol. The summed E-state index contributed by atoms with van der Waals surface area (Å²) in [5.74, 6) is 0.221. The van der Waals surface area contributed by atoms with Gasteiger partial charge in [0.2, 0.25) is 11.9 Å². The second-order valence-electron chi connectivity index (χ2n) is 4.55. The maximum absolute atomic E-state index is 12.0. The van der Waals surface area contributed by atoms with Gasteiger partial charge in [-0.25, -0.2) is 10.1 Å². The molecule has 10 heteroatoms. The lowest BCUT2D eigenvalue weighted by atomic mass is 10.2. The number of hydrogen-bond acceptors (Lipinski definition) is 7. The first-order chi connectivity index (χ1) is 11.1. The Bertz CT molecular complexity index is 823. The molecule has 0 radical (unpaired) electrons. The van der Waals surface area contributed by atoms with E-state index >= 15 is 0 Å². The summed E-state index contributed by atoms with van der Waals surface area (Å²) in [5, 5.41) is 13.5. The fourth-order valence-electron chi connectivity index (χ4n) is 1.84. The van der Waals surface area contributed by atoms with Gasteiger partial charge in [0.1, 0.15) is 12.1 Å². The molecule has 9 nitrogen and oxygen atoms in total. The standard InChI is InChI=1S/C13H12N6O3S/c1-7-9(2-3-22-7)11(21)18-13-16-8(5-23-13)4-10(20)17-12-14-6-15-19-12/h2-3,5-6H,4H2,1H3,(H,16,18,21)(H2,14,15,17,19,20). The summed E-state index contributed by atoms with van der Waals surface area (Å²) in [7, 11) is 0. The highest BCUT2D eigenvalue weighted by Gasteiger charge is 2.14. The Morgan fingerprint density at radius 3 is 2.96 bits per heavy atom. The van der Waals surface area contributed by atoms with E-state index < -0.39 is 0 Å². The number of amides is 2. The highest BCUT2D eigenvalue weighted by Crippen LogP contribution is 2.18. The van der Waals surface area contributed by atoms with Crippen LogP contribution < -0.4 is 10.6 Å². The van der Waals surface area contributed by atoms with Crippen LogP contribution in [-0.2, 0) is 11.2 Å². The monoisotopic (exact) mass is 332 g/mol. The first-order valence-electron chi connectivity index (χ1n) is 6.57. The van der Waals surface area contributed by atoms with E-state index in [1.54, 1.807) is 18.4 Å². The molecule has 0 aliphatic carbocycles. The lowest BCUT2D eigenvalue weighted by Gasteiger charge is -2.00. The predicted octanol–water partition coefficient (Wildman–Crippen LogP) is 1.60. The summed E-state index contributed by atoms with van der Waals surface area (Å²) in [5.41, 5.74) is 0.996. The average Bonchev–Trinajstić information content (AvgIpc) is 3.22. The predicted molar refractivity (Wildman–Crippen MR) is 82.2 cm³/mol. The summed E-state index contributed by atoms with van der Waals surface area (Å²) in [6.07, 6.45) is 2.81. The number of aromatic nitrogens is 4. The number of carbonyl (C=O) groups excluding carboxylic acids is 2. The number of nitrogens with zero attached hydrogens (tertiary/aromatic N) is 3. The van der Waals surface area contributed by atoms with Crippen molar-refractivity contribution in [1.82, 2.24) is 20.2 Å². The van der Waals surface area contributed by atoms with Crippen LogP contribution in [0.4, 0.5) is 11.1 Å². The van der Waals surface area contributed by atoms with E-state index in [1.807, 2.05) is 0 Å². The molecule has 0 aliphatic heterocycles. The van der Waals surface area contributed by atoms with Crippen molar-refractivity contribution in [1.29, 1.82) is 0 Å². The highest BCUT2D eigenvalue weighted by molar-refractivity contribution is 7.14. The molecule has 2 amide bonds. The molecular formula is C13H12N6O3S. The third-order valence-electron chi connectivity index (χ3n) is 2.89. The van der Waals surface area contributed by atoms with Crippen molar-refractivity contribution in [3.63, 3.8) is 0 Å². The first kappa shape index (κ1) is 14.9. The molecule has 0 saturated carbocycles. The zero-order chi connectivity index (χ0) is 16.2. The van der Waals surface area contributed by atoms with Crippen LogP contribution in [0.25, 0.3) is 0 Å². The van der Waals surface area contributed by atoms with E-state index in [4.69, 9.17) is 4.42 Å². The SMILES string of the molecule is Cc1occc1C(=O)Nc1nc(CC(=O)Nc2ncn[nH]2)cs1. The molecule has 0 fully saturated rings. The maximum atomic E-state index is 12.0. The van der Waals surface area contributed by atoms with Gasteiger partial charge in [0.05, 0.1) is 23.9 Å². The van der Waals surface area contributed by atoms with Crippen LogP contribution in [0, 0.1) is 6.92 Å². The van der Waals surface area contributed by atoms with Gasteiger partial charge in [-0.05, 0) is 13.0 Å². The Labute approximate surface area is 134 Å². The van der Waals surface area contributed by atoms with E-state index in [1.165, 1.54) is 23.9 Å². The number of hydrogen-bond donors (Lipinski definition) is 3. The Morgan fingerprint density at radius 1 is 1.39 bits per heavy atom. The van der Waals surface area contributed by atoms with Crippen molar-refractivity contribution in [2.75, 3.05) is 10.6 Å². The molecule has 0 saturated heterocycles. The summed E-state index contributed by atoms with van der Waals surface area (Å²) in [6, 6.07) is 1.59. The number of aromatic amines is 1. The van der Waals surface area contributed by atoms with Crippen molar-refractivity contribution in [3.05, 3.63) is 41.1 Å². The van der Waals surface area contributed by atoms with Crippen molar-refractivity contribution in [2.24, 2.45) is 0 Å². The normalized spacial score (nSPS) is 10.5. The van der Waals surface area contributed by atoms with Crippen LogP contribution in [0.15, 0.2) is 28.5 Å². The Morgan fingerprint density at radius 2 is 2.26 bits per heavy atom. The number of anilines is 2. The van der Waals surface area contributed by atoms with Gasteiger partial charge in [-0.15, -0.1) is 11.3 Å². The smallest absolute Gasteiger partial charge is 0.260 e. The number of aryl methyl sites for hydroxylation is 1. The third kappa shape index (κ3) is 3.61. The molecule has 118 valence electrons. The van der Waals surface area contributed by atoms with E-state index in [0.29, 0.717) is 22.1 Å². The number of H-pyrrole nitrogens is 1. The molecule has 3 N–H and O–H groups in total. The topological polar surface area (TPSA) is 126 Å². The number of furan rings is 1. The molecule has 0 bridgehead atoms. The van der Waals surface area contributed by atoms with Gasteiger partial charge in [0.25, 0.3) is 5.91 Å². The number of nitrogens with one attached hydrogen (secondary N) is 3. The Hall–Kier alpha value is -3.01. The van der Waals surface area contributed by atoms with E-state index in [-0.39, 0.29) is 24.2 Å². The van der Waals surface area contributed by atoms with Crippen LogP contribution in [-0.4, -0.2) is 32.0 Å². The lowest BCUT2D eigenvalue weighted by Crippen LogP contribution is -2.16. The van der Waals surface area contributed by atoms with Gasteiger partial charge in [-0.2, -0.15) is 10.1 Å². The zero-order valence-electron chi connectivity index (χ0n) is 12.0. The van der Waals surface area contributed by atoms with E-state index in [9.17, 15) is 9.59 Å². The fraction of sp³-hybridized carbons (Fsp3) is 0.154. The van der Waals surface area contributed by atoms with Crippen molar-refractivity contribution < 1.29 is 14.0 Å². The minimum atomic E-state index is -0.303. The molecule has 0 unspecified atom stereocenters. The van der Waals surface area contributed by atoms with Crippen LogP contribution in [0.3, 0.4) is 0 Å². The van der Waals surface area contributed by atoms with Crippen molar-refractivity contribution in [3.8, 4) is 0 Å². The van der Waals surface area contributed by atoms with E-state index in [0.717, 1.165) is 0 Å². The third-order valence-corrected chi connectivity index (χ3v) is 3.70. The summed E-state index contributed by atoms with van der Waals surface area (Å²) >= 11 is 1.24. The Kier molecular flexibility index (Phi) is 4.15. The summed E-state index contributed by atoms with van der Waals surface area (Å²) in [4.78, 5) is 31.8. The minimum absolute atomic E-state index is 0.0673. The van der Waals surface area contributed by atoms with Gasteiger partial charge < -0.3 is 4.42 Å². The van der Waals surface area contributed by atoms with Crippen LogP contribution in [0.1, 0.15) is 21.8 Å². The molecule has 3 heterocycles. The zero-order valence-corrected chi connectivity index (χ0v) is 12.8. The minimum Gasteiger partial charge on any atom is -0.469 e. The molecule has 0 aliphatic rings. The van der Waals surface area contributed by atoms with Gasteiger partial charge >= 0.3 is 0 Å². The molecule has 3 aromatic heterocycles. The number of rotatable bonds is 5.